The van der Waals surface area contributed by atoms with Crippen molar-refractivity contribution in [3.63, 3.8) is 0 Å². The number of benzene rings is 1. The monoisotopic (exact) mass is 689 g/mol. The van der Waals surface area contributed by atoms with Crippen LogP contribution in [0.5, 0.6) is 0 Å². The van der Waals surface area contributed by atoms with Crippen LogP contribution < -0.4 is 16.0 Å². The molecule has 2 aliphatic rings. The molecule has 2 saturated heterocycles. The van der Waals surface area contributed by atoms with Crippen molar-refractivity contribution >= 4 is 58.5 Å². The van der Waals surface area contributed by atoms with Crippen molar-refractivity contribution in [3.8, 4) is 0 Å². The smallest absolute Gasteiger partial charge is 0.293 e. The molecular formula is C25H28IN11O5. The summed E-state index contributed by atoms with van der Waals surface area (Å²) in [6.45, 7) is 5.07. The number of carbonyl (C=O) groups excluding carboxylic acids is 2. The second-order valence-electron chi connectivity index (χ2n) is 9.71. The number of ether oxygens (including phenoxy) is 3. The maximum atomic E-state index is 11.6. The molecule has 0 bridgehead atoms. The van der Waals surface area contributed by atoms with E-state index in [-0.39, 0.29) is 24.8 Å². The summed E-state index contributed by atoms with van der Waals surface area (Å²) in [6.07, 6.45) is -1.61. The van der Waals surface area contributed by atoms with E-state index in [2.05, 4.69) is 65.0 Å². The van der Waals surface area contributed by atoms with Crippen molar-refractivity contribution < 1.29 is 23.8 Å². The number of hydrogen-bond donors (Lipinski definition) is 3. The van der Waals surface area contributed by atoms with Gasteiger partial charge in [0.15, 0.2) is 41.5 Å². The van der Waals surface area contributed by atoms with Gasteiger partial charge in [0.1, 0.15) is 0 Å². The first-order valence-corrected chi connectivity index (χ1v) is 14.5. The van der Waals surface area contributed by atoms with Crippen molar-refractivity contribution in [1.29, 1.82) is 0 Å². The molecule has 0 spiro atoms. The Balaban J connectivity index is 1.39. The van der Waals surface area contributed by atoms with Crippen molar-refractivity contribution in [1.82, 2.24) is 45.0 Å². The van der Waals surface area contributed by atoms with Gasteiger partial charge < -0.3 is 30.2 Å². The number of rotatable bonds is 12. The number of carbonyl (C=O) groups is 2. The number of aromatic nitrogens is 8. The predicted octanol–water partition coefficient (Wildman–Crippen LogP) is 1.18. The van der Waals surface area contributed by atoms with E-state index < -0.39 is 24.5 Å². The van der Waals surface area contributed by atoms with Gasteiger partial charge in [0.05, 0.1) is 12.9 Å². The molecule has 3 N–H and O–H groups in total. The highest BCUT2D eigenvalue weighted by atomic mass is 127. The van der Waals surface area contributed by atoms with Crippen molar-refractivity contribution in [2.24, 2.45) is 0 Å². The zero-order valence-electron chi connectivity index (χ0n) is 22.5. The molecule has 0 radical (unpaired) electrons. The van der Waals surface area contributed by atoms with Gasteiger partial charge in [0, 0.05) is 22.7 Å². The predicted molar refractivity (Wildman–Crippen MR) is 155 cm³/mol. The van der Waals surface area contributed by atoms with E-state index in [0.29, 0.717) is 36.0 Å². The first kappa shape index (κ1) is 28.2. The normalized spacial score (nSPS) is 23.6. The number of nitrogens with one attached hydrogen (secondary N) is 3. The lowest BCUT2D eigenvalue weighted by Gasteiger charge is -2.21. The lowest BCUT2D eigenvalue weighted by Crippen LogP contribution is -2.34. The van der Waals surface area contributed by atoms with E-state index in [1.165, 1.54) is 11.1 Å². The first-order valence-electron chi connectivity index (χ1n) is 13.4. The standard InChI is InChI=1S/C25H28IN11O5/c1-2-37-34-22(33-35-37)19-18(40-12-38)20(41-13-39)24(42-19)36-11-29-17-21(28-9-14-4-3-5-15(26)8-14)31-25(32-23(17)36)30-16-6-7-27-10-16/h3-5,8,11-13,16,18-20,24,27H,2,6-7,9-10H2,1H3,(H2,28,30,31,32)/t16-,18+,19-,20+,24+/m0/s1. The minimum absolute atomic E-state index is 0.151. The van der Waals surface area contributed by atoms with Gasteiger partial charge in [-0.25, -0.2) is 4.98 Å². The van der Waals surface area contributed by atoms with E-state index in [4.69, 9.17) is 24.2 Å². The number of tetrazole rings is 1. The van der Waals surface area contributed by atoms with Crippen LogP contribution in [-0.2, 0) is 36.9 Å². The highest BCUT2D eigenvalue weighted by Gasteiger charge is 2.52. The molecule has 2 aliphatic heterocycles. The third-order valence-corrected chi connectivity index (χ3v) is 7.73. The summed E-state index contributed by atoms with van der Waals surface area (Å²) in [6, 6.07) is 8.28. The number of hydrogen-bond acceptors (Lipinski definition) is 14. The molecule has 42 heavy (non-hydrogen) atoms. The lowest BCUT2D eigenvalue weighted by molar-refractivity contribution is -0.151. The van der Waals surface area contributed by atoms with Crippen LogP contribution in [0.2, 0.25) is 0 Å². The fraction of sp³-hybridized carbons (Fsp3) is 0.440. The third-order valence-electron chi connectivity index (χ3n) is 7.06. The second-order valence-corrected chi connectivity index (χ2v) is 11.0. The molecule has 3 aromatic heterocycles. The number of imidazole rings is 1. The highest BCUT2D eigenvalue weighted by molar-refractivity contribution is 14.1. The summed E-state index contributed by atoms with van der Waals surface area (Å²) in [5.41, 5.74) is 1.98. The van der Waals surface area contributed by atoms with Gasteiger partial charge in [0.25, 0.3) is 12.9 Å². The van der Waals surface area contributed by atoms with Crippen LogP contribution in [0.3, 0.4) is 0 Å². The number of halogens is 1. The summed E-state index contributed by atoms with van der Waals surface area (Å²) in [4.78, 5) is 38.6. The van der Waals surface area contributed by atoms with Crippen LogP contribution in [-0.4, -0.2) is 84.0 Å². The molecule has 0 saturated carbocycles. The molecule has 0 aliphatic carbocycles. The van der Waals surface area contributed by atoms with Gasteiger partial charge in [0.2, 0.25) is 11.8 Å². The zero-order chi connectivity index (χ0) is 29.1. The van der Waals surface area contributed by atoms with Gasteiger partial charge in [-0.2, -0.15) is 14.8 Å². The van der Waals surface area contributed by atoms with Crippen LogP contribution >= 0.6 is 22.6 Å². The molecule has 16 nitrogen and oxygen atoms in total. The Kier molecular flexibility index (Phi) is 8.38. The molecule has 5 heterocycles. The highest BCUT2D eigenvalue weighted by Crippen LogP contribution is 2.42. The van der Waals surface area contributed by atoms with Crippen molar-refractivity contribution in [3.05, 3.63) is 45.6 Å². The molecular weight excluding hydrogens is 661 g/mol. The SMILES string of the molecule is CCn1nnc([C@H]2O[C@@H](n3cnc4c(NCc5cccc(I)c5)nc(N[C@H]5CCNC5)nc43)[C@H](OC=O)[C@@H]2OC=O)n1. The van der Waals surface area contributed by atoms with Crippen LogP contribution in [0.4, 0.5) is 11.8 Å². The maximum absolute atomic E-state index is 11.6. The molecule has 5 atom stereocenters. The summed E-state index contributed by atoms with van der Waals surface area (Å²) in [5.74, 6) is 1.10. The lowest BCUT2D eigenvalue weighted by atomic mass is 10.1. The Bertz CT molecular complexity index is 1560. The number of anilines is 2. The van der Waals surface area contributed by atoms with Crippen LogP contribution in [0, 0.1) is 3.57 Å². The molecule has 6 rings (SSSR count). The Morgan fingerprint density at radius 1 is 1.21 bits per heavy atom. The van der Waals surface area contributed by atoms with E-state index in [0.717, 1.165) is 28.6 Å². The molecule has 1 aromatic carbocycles. The Hall–Kier alpha value is -3.97. The average Bonchev–Trinajstić information content (AvgIpc) is 3.80. The van der Waals surface area contributed by atoms with Crippen LogP contribution in [0.15, 0.2) is 30.6 Å². The maximum Gasteiger partial charge on any atom is 0.293 e. The third kappa shape index (κ3) is 5.71. The number of fused-ring (bicyclic) bond motifs is 1. The van der Waals surface area contributed by atoms with Crippen molar-refractivity contribution in [2.75, 3.05) is 23.7 Å². The van der Waals surface area contributed by atoms with Gasteiger partial charge in [-0.1, -0.05) is 12.1 Å². The Labute approximate surface area is 253 Å². The van der Waals surface area contributed by atoms with Crippen LogP contribution in [0.25, 0.3) is 11.2 Å². The quantitative estimate of drug-likeness (QED) is 0.142. The summed E-state index contributed by atoms with van der Waals surface area (Å²) in [7, 11) is 0. The van der Waals surface area contributed by atoms with E-state index in [1.54, 1.807) is 4.57 Å². The van der Waals surface area contributed by atoms with E-state index in [9.17, 15) is 9.59 Å². The largest absolute Gasteiger partial charge is 0.457 e. The van der Waals surface area contributed by atoms with Gasteiger partial charge in [-0.05, 0) is 65.4 Å². The molecule has 17 heteroatoms. The van der Waals surface area contributed by atoms with Crippen LogP contribution in [0.1, 0.15) is 37.1 Å². The van der Waals surface area contributed by atoms with Crippen molar-refractivity contribution in [2.45, 2.75) is 57.0 Å². The van der Waals surface area contributed by atoms with Gasteiger partial charge in [-0.15, -0.1) is 10.2 Å². The molecule has 0 unspecified atom stereocenters. The molecule has 2 fully saturated rings. The summed E-state index contributed by atoms with van der Waals surface area (Å²) in [5, 5.41) is 22.5. The minimum Gasteiger partial charge on any atom is -0.457 e. The summed E-state index contributed by atoms with van der Waals surface area (Å²) >= 11 is 2.28. The molecule has 4 aromatic rings. The molecule has 220 valence electrons. The average molecular weight is 689 g/mol. The fourth-order valence-electron chi connectivity index (χ4n) is 5.08. The van der Waals surface area contributed by atoms with Gasteiger partial charge in [-0.3, -0.25) is 14.2 Å². The number of nitrogens with zero attached hydrogens (tertiary/aromatic N) is 8. The fourth-order valence-corrected chi connectivity index (χ4v) is 5.69. The van der Waals surface area contributed by atoms with Gasteiger partial charge >= 0.3 is 0 Å². The first-order chi connectivity index (χ1) is 20.6. The Morgan fingerprint density at radius 2 is 2.07 bits per heavy atom. The zero-order valence-corrected chi connectivity index (χ0v) is 24.6. The number of aryl methyl sites for hydroxylation is 1. The second kappa shape index (κ2) is 12.5. The summed E-state index contributed by atoms with van der Waals surface area (Å²) < 4.78 is 19.8. The Morgan fingerprint density at radius 3 is 2.81 bits per heavy atom. The van der Waals surface area contributed by atoms with E-state index >= 15 is 0 Å². The molecule has 0 amide bonds. The minimum atomic E-state index is -1.06. The van der Waals surface area contributed by atoms with E-state index in [1.807, 2.05) is 25.1 Å². The topological polar surface area (TPSA) is 185 Å².